The van der Waals surface area contributed by atoms with Crippen LogP contribution in [-0.4, -0.2) is 24.0 Å². The maximum atomic E-state index is 2.64. The summed E-state index contributed by atoms with van der Waals surface area (Å²) in [6.07, 6.45) is 1.38. The molecule has 0 bridgehead atoms. The largest absolute Gasteiger partial charge is 0.300 e. The number of nitrogens with zero attached hydrogens (tertiary/aromatic N) is 1. The molecule has 1 aliphatic rings. The molecule has 0 aromatic carbocycles. The minimum absolute atomic E-state index is 0.534. The predicted molar refractivity (Wildman–Crippen MR) is 63.4 cm³/mol. The fraction of sp³-hybridized carbons (Fsp3) is 1.00. The zero-order chi connectivity index (χ0) is 10.9. The van der Waals surface area contributed by atoms with Crippen LogP contribution >= 0.6 is 0 Å². The Kier molecular flexibility index (Phi) is 3.63. The van der Waals surface area contributed by atoms with E-state index in [9.17, 15) is 0 Å². The van der Waals surface area contributed by atoms with Crippen LogP contribution in [0.15, 0.2) is 0 Å². The molecule has 0 radical (unpaired) electrons. The third kappa shape index (κ3) is 1.98. The molecule has 0 spiro atoms. The van der Waals surface area contributed by atoms with Crippen molar-refractivity contribution >= 4 is 0 Å². The van der Waals surface area contributed by atoms with Gasteiger partial charge in [0.15, 0.2) is 0 Å². The molecule has 84 valence electrons. The maximum absolute atomic E-state index is 2.64. The van der Waals surface area contributed by atoms with Crippen molar-refractivity contribution in [3.63, 3.8) is 0 Å². The molecular weight excluding hydrogens is 170 g/mol. The summed E-state index contributed by atoms with van der Waals surface area (Å²) in [6.45, 7) is 16.7. The van der Waals surface area contributed by atoms with E-state index in [1.807, 2.05) is 0 Å². The van der Waals surface area contributed by atoms with Gasteiger partial charge < -0.3 is 4.90 Å². The molecule has 0 aromatic rings. The summed E-state index contributed by atoms with van der Waals surface area (Å²) in [5.74, 6) is 1.69. The molecular formula is C13H27N. The van der Waals surface area contributed by atoms with Crippen LogP contribution in [0, 0.1) is 17.3 Å². The summed E-state index contributed by atoms with van der Waals surface area (Å²) in [5, 5.41) is 0. The zero-order valence-corrected chi connectivity index (χ0v) is 10.8. The van der Waals surface area contributed by atoms with Gasteiger partial charge in [0.25, 0.3) is 0 Å². The van der Waals surface area contributed by atoms with Crippen molar-refractivity contribution in [1.82, 2.24) is 4.90 Å². The molecule has 3 atom stereocenters. The smallest absolute Gasteiger partial charge is 0.0151 e. The van der Waals surface area contributed by atoms with Gasteiger partial charge in [-0.3, -0.25) is 0 Å². The summed E-state index contributed by atoms with van der Waals surface area (Å²) >= 11 is 0. The first-order chi connectivity index (χ1) is 6.44. The van der Waals surface area contributed by atoms with Crippen molar-refractivity contribution in [2.75, 3.05) is 13.1 Å². The third-order valence-corrected chi connectivity index (χ3v) is 4.41. The van der Waals surface area contributed by atoms with Crippen LogP contribution in [0.3, 0.4) is 0 Å². The lowest BCUT2D eigenvalue weighted by molar-refractivity contribution is 0.128. The molecule has 1 fully saturated rings. The normalized spacial score (nSPS) is 36.6. The second-order valence-electron chi connectivity index (χ2n) is 5.67. The molecule has 0 N–H and O–H groups in total. The molecule has 0 aliphatic heterocycles. The number of hydrogen-bond donors (Lipinski definition) is 0. The average Bonchev–Trinajstić information content (AvgIpc) is 2.29. The Hall–Kier alpha value is -0.0400. The topological polar surface area (TPSA) is 3.24 Å². The third-order valence-electron chi connectivity index (χ3n) is 4.41. The van der Waals surface area contributed by atoms with E-state index < -0.39 is 0 Å². The lowest BCUT2D eigenvalue weighted by Crippen LogP contribution is -2.41. The monoisotopic (exact) mass is 197 g/mol. The van der Waals surface area contributed by atoms with Gasteiger partial charge in [-0.05, 0) is 36.8 Å². The Labute approximate surface area is 89.9 Å². The molecule has 1 rings (SSSR count). The summed E-state index contributed by atoms with van der Waals surface area (Å²) in [6, 6.07) is 0.806. The van der Waals surface area contributed by atoms with Gasteiger partial charge in [0, 0.05) is 6.04 Å². The van der Waals surface area contributed by atoms with Gasteiger partial charge in [-0.1, -0.05) is 41.5 Å². The summed E-state index contributed by atoms with van der Waals surface area (Å²) in [7, 11) is 0. The molecule has 0 saturated heterocycles. The van der Waals surface area contributed by atoms with Crippen LogP contribution in [0.5, 0.6) is 0 Å². The first-order valence-electron chi connectivity index (χ1n) is 6.18. The zero-order valence-electron chi connectivity index (χ0n) is 10.8. The van der Waals surface area contributed by atoms with Crippen molar-refractivity contribution in [1.29, 1.82) is 0 Å². The first-order valence-corrected chi connectivity index (χ1v) is 6.18. The molecule has 1 aliphatic carbocycles. The number of hydrogen-bond acceptors (Lipinski definition) is 1. The summed E-state index contributed by atoms with van der Waals surface area (Å²) in [5.41, 5.74) is 0.534. The standard InChI is InChI=1S/C13H27N/c1-7-14(8-2)12-10(3)9-13(5,6)11(12)4/h10-12H,7-9H2,1-6H3/t10?,11-,12?/m1/s1. The summed E-state index contributed by atoms with van der Waals surface area (Å²) in [4.78, 5) is 2.64. The second-order valence-corrected chi connectivity index (χ2v) is 5.67. The highest BCUT2D eigenvalue weighted by Gasteiger charge is 2.45. The van der Waals surface area contributed by atoms with E-state index in [1.54, 1.807) is 0 Å². The molecule has 1 saturated carbocycles. The maximum Gasteiger partial charge on any atom is 0.0151 e. The van der Waals surface area contributed by atoms with Crippen molar-refractivity contribution in [3.05, 3.63) is 0 Å². The van der Waals surface area contributed by atoms with Crippen LogP contribution in [0.1, 0.15) is 48.0 Å². The van der Waals surface area contributed by atoms with E-state index in [2.05, 4.69) is 46.4 Å². The Morgan fingerprint density at radius 2 is 1.64 bits per heavy atom. The van der Waals surface area contributed by atoms with Gasteiger partial charge in [0.05, 0.1) is 0 Å². The molecule has 0 aromatic heterocycles. The van der Waals surface area contributed by atoms with E-state index in [4.69, 9.17) is 0 Å². The van der Waals surface area contributed by atoms with Gasteiger partial charge in [-0.15, -0.1) is 0 Å². The fourth-order valence-electron chi connectivity index (χ4n) is 3.41. The lowest BCUT2D eigenvalue weighted by atomic mass is 9.82. The van der Waals surface area contributed by atoms with E-state index in [0.717, 1.165) is 17.9 Å². The predicted octanol–water partition coefficient (Wildman–Crippen LogP) is 3.40. The minimum Gasteiger partial charge on any atom is -0.300 e. The summed E-state index contributed by atoms with van der Waals surface area (Å²) < 4.78 is 0. The molecule has 1 heteroatoms. The molecule has 0 heterocycles. The number of rotatable bonds is 3. The van der Waals surface area contributed by atoms with Crippen LogP contribution in [0.25, 0.3) is 0 Å². The van der Waals surface area contributed by atoms with Crippen LogP contribution < -0.4 is 0 Å². The van der Waals surface area contributed by atoms with E-state index >= 15 is 0 Å². The van der Waals surface area contributed by atoms with E-state index in [-0.39, 0.29) is 0 Å². The Bertz CT molecular complexity index is 182. The highest BCUT2D eigenvalue weighted by molar-refractivity contribution is 4.97. The first kappa shape index (κ1) is 12.0. The lowest BCUT2D eigenvalue weighted by Gasteiger charge is -2.35. The highest BCUT2D eigenvalue weighted by Crippen LogP contribution is 2.47. The molecule has 14 heavy (non-hydrogen) atoms. The molecule has 0 amide bonds. The SMILES string of the molecule is CCN(CC)C1C(C)CC(C)(C)[C@@H]1C. The van der Waals surface area contributed by atoms with Gasteiger partial charge >= 0.3 is 0 Å². The quantitative estimate of drug-likeness (QED) is 0.670. The molecule has 2 unspecified atom stereocenters. The van der Waals surface area contributed by atoms with Crippen molar-refractivity contribution in [3.8, 4) is 0 Å². The second kappa shape index (κ2) is 4.22. The van der Waals surface area contributed by atoms with E-state index in [1.165, 1.54) is 19.5 Å². The van der Waals surface area contributed by atoms with Gasteiger partial charge in [0.2, 0.25) is 0 Å². The van der Waals surface area contributed by atoms with Gasteiger partial charge in [-0.25, -0.2) is 0 Å². The Morgan fingerprint density at radius 3 is 1.93 bits per heavy atom. The molecule has 1 nitrogen and oxygen atoms in total. The van der Waals surface area contributed by atoms with Crippen molar-refractivity contribution in [2.24, 2.45) is 17.3 Å². The van der Waals surface area contributed by atoms with Crippen LogP contribution in [0.2, 0.25) is 0 Å². The van der Waals surface area contributed by atoms with Crippen LogP contribution in [0.4, 0.5) is 0 Å². The van der Waals surface area contributed by atoms with E-state index in [0.29, 0.717) is 5.41 Å². The van der Waals surface area contributed by atoms with Crippen LogP contribution in [-0.2, 0) is 0 Å². The average molecular weight is 197 g/mol. The Morgan fingerprint density at radius 1 is 1.14 bits per heavy atom. The fourth-order valence-corrected chi connectivity index (χ4v) is 3.41. The van der Waals surface area contributed by atoms with Crippen molar-refractivity contribution in [2.45, 2.75) is 54.0 Å². The Balaban J connectivity index is 2.78. The van der Waals surface area contributed by atoms with Gasteiger partial charge in [-0.2, -0.15) is 0 Å². The minimum atomic E-state index is 0.534. The van der Waals surface area contributed by atoms with Crippen molar-refractivity contribution < 1.29 is 0 Å². The highest BCUT2D eigenvalue weighted by atomic mass is 15.2. The van der Waals surface area contributed by atoms with Gasteiger partial charge in [0.1, 0.15) is 0 Å².